The summed E-state index contributed by atoms with van der Waals surface area (Å²) in [6.45, 7) is 5.87. The maximum Gasteiger partial charge on any atom is 0.240 e. The summed E-state index contributed by atoms with van der Waals surface area (Å²) in [6, 6.07) is -0.303. The number of hydrogen-bond acceptors (Lipinski definition) is 5. The van der Waals surface area contributed by atoms with Gasteiger partial charge in [0.15, 0.2) is 0 Å². The van der Waals surface area contributed by atoms with Crippen LogP contribution in [0.15, 0.2) is 5.38 Å². The van der Waals surface area contributed by atoms with Gasteiger partial charge in [0.1, 0.15) is 6.04 Å². The van der Waals surface area contributed by atoms with Crippen LogP contribution in [0.2, 0.25) is 0 Å². The van der Waals surface area contributed by atoms with E-state index in [-0.39, 0.29) is 42.8 Å². The zero-order valence-electron chi connectivity index (χ0n) is 11.5. The Morgan fingerprint density at radius 2 is 2.40 bits per heavy atom. The molecule has 2 atom stereocenters. The van der Waals surface area contributed by atoms with E-state index in [0.717, 1.165) is 23.7 Å². The zero-order chi connectivity index (χ0) is 13.0. The largest absolute Gasteiger partial charge is 0.378 e. The van der Waals surface area contributed by atoms with Crippen LogP contribution in [0.25, 0.3) is 0 Å². The quantitative estimate of drug-likeness (QED) is 0.875. The third-order valence-corrected chi connectivity index (χ3v) is 3.92. The minimum atomic E-state index is -0.245. The molecule has 2 rings (SSSR count). The monoisotopic (exact) mass is 341 g/mol. The van der Waals surface area contributed by atoms with Gasteiger partial charge < -0.3 is 15.4 Å². The maximum atomic E-state index is 12.0. The second-order valence-corrected chi connectivity index (χ2v) is 5.27. The Kier molecular flexibility index (Phi) is 9.33. The molecule has 1 aromatic heterocycles. The number of rotatable bonds is 4. The molecule has 1 amide bonds. The normalized spacial score (nSPS) is 19.4. The fraction of sp³-hybridized carbons (Fsp3) is 0.667. The standard InChI is InChI=1S/C12H19N3O2S.2ClH/c1-3-11-15-10(7-18-11)8(2)14-12(16)9-6-17-5-4-13-9;;/h7-9,13H,3-6H2,1-2H3,(H,14,16);2*1H. The summed E-state index contributed by atoms with van der Waals surface area (Å²) in [5.41, 5.74) is 0.932. The van der Waals surface area contributed by atoms with Gasteiger partial charge in [-0.2, -0.15) is 0 Å². The molecule has 0 radical (unpaired) electrons. The number of morpholine rings is 1. The van der Waals surface area contributed by atoms with Crippen molar-refractivity contribution in [1.29, 1.82) is 0 Å². The Hall–Kier alpha value is -0.400. The fourth-order valence-electron chi connectivity index (χ4n) is 1.81. The summed E-state index contributed by atoms with van der Waals surface area (Å²) < 4.78 is 5.28. The van der Waals surface area contributed by atoms with Crippen LogP contribution in [0.3, 0.4) is 0 Å². The number of aryl methyl sites for hydroxylation is 1. The van der Waals surface area contributed by atoms with Gasteiger partial charge in [0.2, 0.25) is 5.91 Å². The van der Waals surface area contributed by atoms with Crippen molar-refractivity contribution >= 4 is 42.1 Å². The van der Waals surface area contributed by atoms with E-state index in [1.54, 1.807) is 11.3 Å². The molecule has 2 unspecified atom stereocenters. The highest BCUT2D eigenvalue weighted by Gasteiger charge is 2.23. The van der Waals surface area contributed by atoms with Gasteiger partial charge in [0.05, 0.1) is 30.0 Å². The zero-order valence-corrected chi connectivity index (χ0v) is 14.0. The Labute approximate surface area is 135 Å². The van der Waals surface area contributed by atoms with Crippen molar-refractivity contribution in [2.75, 3.05) is 19.8 Å². The summed E-state index contributed by atoms with van der Waals surface area (Å²) in [5, 5.41) is 9.21. The lowest BCUT2D eigenvalue weighted by Crippen LogP contribution is -2.51. The fourth-order valence-corrected chi connectivity index (χ4v) is 2.65. The SMILES string of the molecule is CCc1nc(C(C)NC(=O)C2COCCN2)cs1.Cl.Cl. The summed E-state index contributed by atoms with van der Waals surface area (Å²) in [7, 11) is 0. The van der Waals surface area contributed by atoms with Gasteiger partial charge in [-0.25, -0.2) is 4.98 Å². The maximum absolute atomic E-state index is 12.0. The van der Waals surface area contributed by atoms with E-state index in [1.807, 2.05) is 12.3 Å². The molecule has 1 saturated heterocycles. The molecule has 1 aliphatic rings. The number of nitrogens with one attached hydrogen (secondary N) is 2. The van der Waals surface area contributed by atoms with E-state index in [1.165, 1.54) is 0 Å². The highest BCUT2D eigenvalue weighted by atomic mass is 35.5. The minimum Gasteiger partial charge on any atom is -0.378 e. The summed E-state index contributed by atoms with van der Waals surface area (Å²) in [6.07, 6.45) is 0.934. The van der Waals surface area contributed by atoms with Gasteiger partial charge in [-0.3, -0.25) is 4.79 Å². The number of nitrogens with zero attached hydrogens (tertiary/aromatic N) is 1. The molecule has 116 valence electrons. The lowest BCUT2D eigenvalue weighted by molar-refractivity contribution is -0.126. The average Bonchev–Trinajstić information content (AvgIpc) is 2.88. The number of ether oxygens (including phenoxy) is 1. The molecule has 1 aromatic rings. The second kappa shape index (κ2) is 9.52. The number of aromatic nitrogens is 1. The number of halogens is 2. The van der Waals surface area contributed by atoms with Crippen molar-refractivity contribution in [2.24, 2.45) is 0 Å². The second-order valence-electron chi connectivity index (χ2n) is 4.33. The molecular formula is C12H21Cl2N3O2S. The van der Waals surface area contributed by atoms with Gasteiger partial charge >= 0.3 is 0 Å². The predicted octanol–water partition coefficient (Wildman–Crippen LogP) is 1.71. The molecule has 0 saturated carbocycles. The molecule has 1 fully saturated rings. The lowest BCUT2D eigenvalue weighted by atomic mass is 10.2. The average molecular weight is 342 g/mol. The first kappa shape index (κ1) is 19.6. The lowest BCUT2D eigenvalue weighted by Gasteiger charge is -2.24. The molecular weight excluding hydrogens is 321 g/mol. The topological polar surface area (TPSA) is 63.2 Å². The van der Waals surface area contributed by atoms with E-state index >= 15 is 0 Å². The molecule has 0 bridgehead atoms. The molecule has 8 heteroatoms. The van der Waals surface area contributed by atoms with Crippen molar-refractivity contribution in [3.8, 4) is 0 Å². The predicted molar refractivity (Wildman–Crippen MR) is 85.2 cm³/mol. The van der Waals surface area contributed by atoms with Crippen LogP contribution < -0.4 is 10.6 Å². The van der Waals surface area contributed by atoms with Crippen LogP contribution in [-0.2, 0) is 16.0 Å². The number of thiazole rings is 1. The van der Waals surface area contributed by atoms with Crippen LogP contribution in [0.4, 0.5) is 0 Å². The third kappa shape index (κ3) is 5.18. The van der Waals surface area contributed by atoms with Gasteiger partial charge in [-0.05, 0) is 13.3 Å². The summed E-state index contributed by atoms with van der Waals surface area (Å²) >= 11 is 1.64. The number of amides is 1. The molecule has 20 heavy (non-hydrogen) atoms. The van der Waals surface area contributed by atoms with Crippen LogP contribution in [-0.4, -0.2) is 36.7 Å². The third-order valence-electron chi connectivity index (χ3n) is 2.91. The minimum absolute atomic E-state index is 0. The van der Waals surface area contributed by atoms with E-state index < -0.39 is 0 Å². The van der Waals surface area contributed by atoms with Crippen LogP contribution >= 0.6 is 36.2 Å². The van der Waals surface area contributed by atoms with E-state index in [9.17, 15) is 4.79 Å². The molecule has 2 N–H and O–H groups in total. The Morgan fingerprint density at radius 1 is 1.65 bits per heavy atom. The molecule has 0 aliphatic carbocycles. The first-order valence-electron chi connectivity index (χ1n) is 6.26. The summed E-state index contributed by atoms with van der Waals surface area (Å²) in [5.74, 6) is -0.0201. The molecule has 0 aromatic carbocycles. The molecule has 1 aliphatic heterocycles. The van der Waals surface area contributed by atoms with Gasteiger partial charge in [0, 0.05) is 11.9 Å². The van der Waals surface area contributed by atoms with Crippen molar-refractivity contribution in [3.63, 3.8) is 0 Å². The Morgan fingerprint density at radius 3 is 2.95 bits per heavy atom. The Bertz CT molecular complexity index is 411. The van der Waals surface area contributed by atoms with E-state index in [2.05, 4.69) is 22.5 Å². The van der Waals surface area contributed by atoms with E-state index in [0.29, 0.717) is 13.2 Å². The Balaban J connectivity index is 0.00000180. The number of hydrogen-bond donors (Lipinski definition) is 2. The van der Waals surface area contributed by atoms with Crippen LogP contribution in [0.5, 0.6) is 0 Å². The first-order chi connectivity index (χ1) is 8.70. The first-order valence-corrected chi connectivity index (χ1v) is 7.14. The van der Waals surface area contributed by atoms with Crippen LogP contribution in [0.1, 0.15) is 30.6 Å². The van der Waals surface area contributed by atoms with Crippen molar-refractivity contribution in [1.82, 2.24) is 15.6 Å². The van der Waals surface area contributed by atoms with E-state index in [4.69, 9.17) is 4.74 Å². The highest BCUT2D eigenvalue weighted by molar-refractivity contribution is 7.09. The van der Waals surface area contributed by atoms with Gasteiger partial charge in [-0.15, -0.1) is 36.2 Å². The van der Waals surface area contributed by atoms with Gasteiger partial charge in [-0.1, -0.05) is 6.92 Å². The number of carbonyl (C=O) groups excluding carboxylic acids is 1. The van der Waals surface area contributed by atoms with Crippen molar-refractivity contribution in [2.45, 2.75) is 32.4 Å². The van der Waals surface area contributed by atoms with Gasteiger partial charge in [0.25, 0.3) is 0 Å². The van der Waals surface area contributed by atoms with Crippen molar-refractivity contribution < 1.29 is 9.53 Å². The molecule has 2 heterocycles. The number of carbonyl (C=O) groups is 1. The van der Waals surface area contributed by atoms with Crippen molar-refractivity contribution in [3.05, 3.63) is 16.1 Å². The highest BCUT2D eigenvalue weighted by Crippen LogP contribution is 2.17. The molecule has 5 nitrogen and oxygen atoms in total. The summed E-state index contributed by atoms with van der Waals surface area (Å²) in [4.78, 5) is 16.5. The molecule has 0 spiro atoms. The smallest absolute Gasteiger partial charge is 0.240 e. The van der Waals surface area contributed by atoms with Crippen LogP contribution in [0, 0.1) is 0 Å².